The van der Waals surface area contributed by atoms with Crippen LogP contribution in [0.2, 0.25) is 0 Å². The maximum absolute atomic E-state index is 5.24. The van der Waals surface area contributed by atoms with Crippen molar-refractivity contribution in [3.05, 3.63) is 48.3 Å². The fourth-order valence-electron chi connectivity index (χ4n) is 1.98. The molecule has 0 amide bonds. The van der Waals surface area contributed by atoms with Crippen molar-refractivity contribution in [3.63, 3.8) is 0 Å². The van der Waals surface area contributed by atoms with Crippen LogP contribution in [0, 0.1) is 12.3 Å². The minimum atomic E-state index is 0. The van der Waals surface area contributed by atoms with Crippen LogP contribution in [0.25, 0.3) is 5.69 Å². The molecule has 2 N–H and O–H groups in total. The molecule has 0 fully saturated rings. The predicted octanol–water partition coefficient (Wildman–Crippen LogP) is 2.22. The molecule has 1 aromatic heterocycles. The summed E-state index contributed by atoms with van der Waals surface area (Å²) in [5.74, 6) is 3.29. The van der Waals surface area contributed by atoms with Gasteiger partial charge in [0, 0.05) is 19.3 Å². The number of rotatable bonds is 6. The lowest BCUT2D eigenvalue weighted by molar-refractivity contribution is 0.854. The van der Waals surface area contributed by atoms with Crippen LogP contribution in [0.5, 0.6) is 0 Å². The van der Waals surface area contributed by atoms with Crippen molar-refractivity contribution in [3.8, 4) is 18.0 Å². The molecule has 1 heterocycles. The Balaban J connectivity index is 0.00000264. The summed E-state index contributed by atoms with van der Waals surface area (Å²) in [5, 5.41) is 10.6. The minimum absolute atomic E-state index is 0. The quantitative estimate of drug-likeness (QED) is 0.324. The fraction of sp³-hybridized carbons (Fsp3) is 0.294. The number of aliphatic imine (C=N–C) groups is 1. The van der Waals surface area contributed by atoms with E-state index in [2.05, 4.69) is 26.6 Å². The van der Waals surface area contributed by atoms with Gasteiger partial charge in [-0.05, 0) is 31.0 Å². The van der Waals surface area contributed by atoms with Crippen molar-refractivity contribution < 1.29 is 0 Å². The van der Waals surface area contributed by atoms with E-state index >= 15 is 0 Å². The van der Waals surface area contributed by atoms with Crippen LogP contribution in [0.15, 0.2) is 47.7 Å². The molecule has 0 spiro atoms. The van der Waals surface area contributed by atoms with Crippen LogP contribution in [-0.2, 0) is 6.42 Å². The number of para-hydroxylation sites is 1. The van der Waals surface area contributed by atoms with Gasteiger partial charge < -0.3 is 10.6 Å². The highest BCUT2D eigenvalue weighted by Crippen LogP contribution is 2.08. The molecular weight excluding hydrogens is 401 g/mol. The highest BCUT2D eigenvalue weighted by Gasteiger charge is 2.01. The lowest BCUT2D eigenvalue weighted by Crippen LogP contribution is -2.37. The van der Waals surface area contributed by atoms with E-state index in [4.69, 9.17) is 6.42 Å². The van der Waals surface area contributed by atoms with Gasteiger partial charge in [0.25, 0.3) is 0 Å². The predicted molar refractivity (Wildman–Crippen MR) is 105 cm³/mol. The van der Waals surface area contributed by atoms with Gasteiger partial charge in [-0.3, -0.25) is 4.99 Å². The summed E-state index contributed by atoms with van der Waals surface area (Å²) in [7, 11) is 0. The van der Waals surface area contributed by atoms with E-state index in [0.29, 0.717) is 13.1 Å². The van der Waals surface area contributed by atoms with Crippen molar-refractivity contribution >= 4 is 29.9 Å². The molecule has 0 saturated heterocycles. The van der Waals surface area contributed by atoms with Crippen molar-refractivity contribution in [2.24, 2.45) is 4.99 Å². The third kappa shape index (κ3) is 6.32. The number of terminal acetylenes is 1. The first-order valence-corrected chi connectivity index (χ1v) is 7.38. The monoisotopic (exact) mass is 423 g/mol. The summed E-state index contributed by atoms with van der Waals surface area (Å²) in [6.45, 7) is 3.98. The number of halogens is 1. The maximum atomic E-state index is 5.24. The van der Waals surface area contributed by atoms with Crippen molar-refractivity contribution in [1.29, 1.82) is 0 Å². The number of guanidine groups is 1. The van der Waals surface area contributed by atoms with E-state index in [0.717, 1.165) is 30.2 Å². The van der Waals surface area contributed by atoms with Crippen LogP contribution in [0.3, 0.4) is 0 Å². The zero-order valence-electron chi connectivity index (χ0n) is 13.2. The summed E-state index contributed by atoms with van der Waals surface area (Å²) >= 11 is 0. The first kappa shape index (κ1) is 19.0. The Labute approximate surface area is 154 Å². The molecule has 122 valence electrons. The summed E-state index contributed by atoms with van der Waals surface area (Å²) < 4.78 is 1.88. The standard InChI is InChI=1S/C17H21N5.HI/c1-3-11-19-17(18-4-2)20-12-10-15-13-21-22(14-15)16-8-6-5-7-9-16;/h1,5-9,13-14H,4,10-12H2,2H3,(H2,18,19,20);1H. The van der Waals surface area contributed by atoms with Crippen molar-refractivity contribution in [2.75, 3.05) is 19.6 Å². The molecule has 0 aliphatic rings. The topological polar surface area (TPSA) is 54.2 Å². The van der Waals surface area contributed by atoms with E-state index in [1.807, 2.05) is 54.3 Å². The zero-order chi connectivity index (χ0) is 15.6. The second kappa shape index (κ2) is 10.7. The largest absolute Gasteiger partial charge is 0.357 e. The van der Waals surface area contributed by atoms with Gasteiger partial charge in [-0.15, -0.1) is 30.4 Å². The van der Waals surface area contributed by atoms with E-state index in [1.54, 1.807) is 0 Å². The first-order valence-electron chi connectivity index (χ1n) is 7.38. The van der Waals surface area contributed by atoms with Crippen molar-refractivity contribution in [2.45, 2.75) is 13.3 Å². The zero-order valence-corrected chi connectivity index (χ0v) is 15.5. The van der Waals surface area contributed by atoms with Gasteiger partial charge in [-0.2, -0.15) is 5.10 Å². The lowest BCUT2D eigenvalue weighted by atomic mass is 10.2. The molecule has 0 radical (unpaired) electrons. The number of nitrogens with zero attached hydrogens (tertiary/aromatic N) is 3. The number of hydrogen-bond donors (Lipinski definition) is 2. The average molecular weight is 423 g/mol. The highest BCUT2D eigenvalue weighted by molar-refractivity contribution is 14.0. The smallest absolute Gasteiger partial charge is 0.192 e. The summed E-state index contributed by atoms with van der Waals surface area (Å²) in [6, 6.07) is 10.1. The molecule has 0 saturated carbocycles. The normalized spacial score (nSPS) is 10.5. The Morgan fingerprint density at radius 1 is 1.30 bits per heavy atom. The number of benzene rings is 1. The molecule has 0 bridgehead atoms. The van der Waals surface area contributed by atoms with E-state index in [9.17, 15) is 0 Å². The van der Waals surface area contributed by atoms with Crippen LogP contribution in [-0.4, -0.2) is 35.4 Å². The Morgan fingerprint density at radius 2 is 2.09 bits per heavy atom. The Bertz CT molecular complexity index is 643. The van der Waals surface area contributed by atoms with E-state index < -0.39 is 0 Å². The molecule has 2 aromatic rings. The maximum Gasteiger partial charge on any atom is 0.192 e. The van der Waals surface area contributed by atoms with Gasteiger partial charge >= 0.3 is 0 Å². The van der Waals surface area contributed by atoms with Crippen molar-refractivity contribution in [1.82, 2.24) is 20.4 Å². The summed E-state index contributed by atoms with van der Waals surface area (Å²) in [6.07, 6.45) is 9.99. The van der Waals surface area contributed by atoms with E-state index in [1.165, 1.54) is 0 Å². The third-order valence-electron chi connectivity index (χ3n) is 3.03. The van der Waals surface area contributed by atoms with Crippen LogP contribution in [0.1, 0.15) is 12.5 Å². The minimum Gasteiger partial charge on any atom is -0.357 e. The number of nitrogens with one attached hydrogen (secondary N) is 2. The molecular formula is C17H22IN5. The fourth-order valence-corrected chi connectivity index (χ4v) is 1.98. The molecule has 0 unspecified atom stereocenters. The van der Waals surface area contributed by atoms with Gasteiger partial charge in [0.15, 0.2) is 5.96 Å². The number of hydrogen-bond acceptors (Lipinski definition) is 2. The Kier molecular flexibility index (Phi) is 8.83. The SMILES string of the molecule is C#CCNC(=NCCc1cnn(-c2ccccc2)c1)NCC.I. The summed E-state index contributed by atoms with van der Waals surface area (Å²) in [5.41, 5.74) is 2.21. The second-order valence-corrected chi connectivity index (χ2v) is 4.70. The Hall–Kier alpha value is -2.01. The third-order valence-corrected chi connectivity index (χ3v) is 3.03. The summed E-state index contributed by atoms with van der Waals surface area (Å²) in [4.78, 5) is 4.49. The van der Waals surface area contributed by atoms with Crippen LogP contribution < -0.4 is 10.6 Å². The van der Waals surface area contributed by atoms with Gasteiger partial charge in [-0.1, -0.05) is 24.1 Å². The van der Waals surface area contributed by atoms with Gasteiger partial charge in [0.2, 0.25) is 0 Å². The molecule has 5 nitrogen and oxygen atoms in total. The highest BCUT2D eigenvalue weighted by atomic mass is 127. The van der Waals surface area contributed by atoms with Crippen LogP contribution in [0.4, 0.5) is 0 Å². The molecule has 0 atom stereocenters. The van der Waals surface area contributed by atoms with Gasteiger partial charge in [0.05, 0.1) is 18.4 Å². The van der Waals surface area contributed by atoms with Gasteiger partial charge in [0.1, 0.15) is 0 Å². The second-order valence-electron chi connectivity index (χ2n) is 4.70. The molecule has 1 aromatic carbocycles. The van der Waals surface area contributed by atoms with Crippen LogP contribution >= 0.6 is 24.0 Å². The van der Waals surface area contributed by atoms with Gasteiger partial charge in [-0.25, -0.2) is 4.68 Å². The molecule has 0 aliphatic heterocycles. The lowest BCUT2D eigenvalue weighted by Gasteiger charge is -2.08. The molecule has 6 heteroatoms. The molecule has 23 heavy (non-hydrogen) atoms. The number of aromatic nitrogens is 2. The van der Waals surface area contributed by atoms with E-state index in [-0.39, 0.29) is 24.0 Å². The Morgan fingerprint density at radius 3 is 2.78 bits per heavy atom. The molecule has 2 rings (SSSR count). The molecule has 0 aliphatic carbocycles. The first-order chi connectivity index (χ1) is 10.8. The average Bonchev–Trinajstić information content (AvgIpc) is 3.02.